The molecule has 2 heterocycles. The van der Waals surface area contributed by atoms with Crippen molar-refractivity contribution in [2.24, 2.45) is 0 Å². The topological polar surface area (TPSA) is 64.4 Å². The van der Waals surface area contributed by atoms with Crippen LogP contribution < -0.4 is 10.1 Å². The van der Waals surface area contributed by atoms with E-state index in [1.54, 1.807) is 12.1 Å². The van der Waals surface area contributed by atoms with Gasteiger partial charge in [0.15, 0.2) is 5.76 Å². The first-order chi connectivity index (χ1) is 14.9. The van der Waals surface area contributed by atoms with E-state index >= 15 is 0 Å². The van der Waals surface area contributed by atoms with E-state index in [-0.39, 0.29) is 18.3 Å². The van der Waals surface area contributed by atoms with Crippen molar-refractivity contribution in [1.29, 1.82) is 0 Å². The number of nitrogens with zero attached hydrogens (tertiary/aromatic N) is 1. The van der Waals surface area contributed by atoms with Crippen molar-refractivity contribution >= 4 is 22.5 Å². The van der Waals surface area contributed by atoms with Crippen LogP contribution in [0.15, 0.2) is 65.1 Å². The molecule has 2 aromatic carbocycles. The minimum absolute atomic E-state index is 0.241. The highest BCUT2D eigenvalue weighted by molar-refractivity contribution is 6.07. The summed E-state index contributed by atoms with van der Waals surface area (Å²) in [6, 6.07) is 19.2. The largest absolute Gasteiger partial charge is 0.485 e. The summed E-state index contributed by atoms with van der Waals surface area (Å²) in [7, 11) is 0. The molecule has 31 heavy (non-hydrogen) atoms. The molecule has 158 valence electrons. The predicted octanol–water partition coefficient (Wildman–Crippen LogP) is 6.40. The van der Waals surface area contributed by atoms with Gasteiger partial charge < -0.3 is 14.5 Å². The first-order valence-electron chi connectivity index (χ1n) is 10.4. The number of benzene rings is 2. The van der Waals surface area contributed by atoms with Crippen LogP contribution in [0, 0.1) is 13.8 Å². The van der Waals surface area contributed by atoms with Gasteiger partial charge in [0.2, 0.25) is 0 Å². The molecular formula is C26H26N2O3. The van der Waals surface area contributed by atoms with Crippen LogP contribution in [-0.2, 0) is 6.61 Å². The Morgan fingerprint density at radius 1 is 1.06 bits per heavy atom. The molecule has 4 rings (SSSR count). The van der Waals surface area contributed by atoms with Gasteiger partial charge in [-0.1, -0.05) is 44.2 Å². The summed E-state index contributed by atoms with van der Waals surface area (Å²) in [5, 5.41) is 3.83. The maximum Gasteiger partial charge on any atom is 0.291 e. The molecule has 5 heteroatoms. The smallest absolute Gasteiger partial charge is 0.291 e. The second-order valence-corrected chi connectivity index (χ2v) is 8.03. The molecule has 0 unspecified atom stereocenters. The van der Waals surface area contributed by atoms with E-state index in [1.165, 1.54) is 0 Å². The first-order valence-corrected chi connectivity index (χ1v) is 10.4. The van der Waals surface area contributed by atoms with Crippen LogP contribution in [-0.4, -0.2) is 10.9 Å². The number of amides is 1. The summed E-state index contributed by atoms with van der Waals surface area (Å²) in [6.07, 6.45) is 0. The normalized spacial score (nSPS) is 11.1. The summed E-state index contributed by atoms with van der Waals surface area (Å²) >= 11 is 0. The van der Waals surface area contributed by atoms with E-state index < -0.39 is 0 Å². The molecule has 0 bridgehead atoms. The van der Waals surface area contributed by atoms with Gasteiger partial charge in [0.05, 0.1) is 11.2 Å². The molecule has 1 N–H and O–H groups in total. The molecule has 0 saturated carbocycles. The lowest BCUT2D eigenvalue weighted by molar-refractivity contribution is 0.0992. The molecule has 0 radical (unpaired) electrons. The minimum atomic E-state index is -0.305. The predicted molar refractivity (Wildman–Crippen MR) is 123 cm³/mol. The van der Waals surface area contributed by atoms with Crippen LogP contribution in [0.4, 0.5) is 5.69 Å². The standard InChI is InChI=1S/C26H26N2O3/c1-16(2)20-11-9-17(3)13-25(20)30-15-19-10-12-24(31-19)26(29)28-23-14-18(4)27-22-8-6-5-7-21(22)23/h5-14,16H,15H2,1-4H3,(H,27,28,29). The zero-order valence-electron chi connectivity index (χ0n) is 18.2. The van der Waals surface area contributed by atoms with Crippen LogP contribution in [0.5, 0.6) is 5.75 Å². The quantitative estimate of drug-likeness (QED) is 0.396. The van der Waals surface area contributed by atoms with Gasteiger partial charge >= 0.3 is 0 Å². The molecule has 5 nitrogen and oxygen atoms in total. The van der Waals surface area contributed by atoms with Gasteiger partial charge in [-0.3, -0.25) is 9.78 Å². The maximum atomic E-state index is 12.8. The van der Waals surface area contributed by atoms with Crippen molar-refractivity contribution in [3.8, 4) is 5.75 Å². The van der Waals surface area contributed by atoms with Gasteiger partial charge in [-0.25, -0.2) is 0 Å². The third kappa shape index (κ3) is 4.61. The Hall–Kier alpha value is -3.60. The van der Waals surface area contributed by atoms with Gasteiger partial charge in [-0.05, 0) is 61.2 Å². The molecule has 0 atom stereocenters. The third-order valence-electron chi connectivity index (χ3n) is 5.14. The van der Waals surface area contributed by atoms with Gasteiger partial charge in [-0.2, -0.15) is 0 Å². The molecule has 0 aliphatic rings. The third-order valence-corrected chi connectivity index (χ3v) is 5.14. The Balaban J connectivity index is 1.49. The fourth-order valence-electron chi connectivity index (χ4n) is 3.57. The molecule has 2 aromatic heterocycles. The highest BCUT2D eigenvalue weighted by atomic mass is 16.5. The molecular weight excluding hydrogens is 388 g/mol. The summed E-state index contributed by atoms with van der Waals surface area (Å²) in [4.78, 5) is 17.3. The number of rotatable bonds is 6. The Morgan fingerprint density at radius 2 is 1.87 bits per heavy atom. The van der Waals surface area contributed by atoms with Crippen LogP contribution in [0.2, 0.25) is 0 Å². The van der Waals surface area contributed by atoms with E-state index in [0.717, 1.165) is 33.5 Å². The van der Waals surface area contributed by atoms with E-state index in [9.17, 15) is 4.79 Å². The van der Waals surface area contributed by atoms with Crippen LogP contribution in [0.3, 0.4) is 0 Å². The van der Waals surface area contributed by atoms with Crippen molar-refractivity contribution in [1.82, 2.24) is 4.98 Å². The lowest BCUT2D eigenvalue weighted by Gasteiger charge is -2.14. The number of furan rings is 1. The van der Waals surface area contributed by atoms with Gasteiger partial charge in [0.25, 0.3) is 5.91 Å². The number of aryl methyl sites for hydroxylation is 2. The average molecular weight is 415 g/mol. The van der Waals surface area contributed by atoms with Crippen molar-refractivity contribution < 1.29 is 13.9 Å². The van der Waals surface area contributed by atoms with Gasteiger partial charge in [0, 0.05) is 11.1 Å². The van der Waals surface area contributed by atoms with Crippen LogP contribution in [0.25, 0.3) is 10.9 Å². The second kappa shape index (κ2) is 8.64. The van der Waals surface area contributed by atoms with E-state index in [2.05, 4.69) is 36.3 Å². The molecule has 4 aromatic rings. The zero-order valence-corrected chi connectivity index (χ0v) is 18.2. The average Bonchev–Trinajstić information content (AvgIpc) is 3.21. The van der Waals surface area contributed by atoms with E-state index in [4.69, 9.17) is 9.15 Å². The van der Waals surface area contributed by atoms with Crippen molar-refractivity contribution in [2.75, 3.05) is 5.32 Å². The highest BCUT2D eigenvalue weighted by Gasteiger charge is 2.15. The number of nitrogens with one attached hydrogen (secondary N) is 1. The molecule has 1 amide bonds. The Bertz CT molecular complexity index is 1240. The highest BCUT2D eigenvalue weighted by Crippen LogP contribution is 2.28. The van der Waals surface area contributed by atoms with Gasteiger partial charge in [0.1, 0.15) is 18.1 Å². The van der Waals surface area contributed by atoms with Crippen molar-refractivity contribution in [2.45, 2.75) is 40.2 Å². The van der Waals surface area contributed by atoms with E-state index in [0.29, 0.717) is 17.4 Å². The summed E-state index contributed by atoms with van der Waals surface area (Å²) in [6.45, 7) is 8.47. The number of pyridine rings is 1. The number of hydrogen-bond acceptors (Lipinski definition) is 4. The molecule has 0 fully saturated rings. The number of anilines is 1. The van der Waals surface area contributed by atoms with Crippen molar-refractivity contribution in [3.63, 3.8) is 0 Å². The minimum Gasteiger partial charge on any atom is -0.485 e. The molecule has 0 aliphatic heterocycles. The van der Waals surface area contributed by atoms with E-state index in [1.807, 2.05) is 50.2 Å². The number of carbonyl (C=O) groups excluding carboxylic acids is 1. The maximum absolute atomic E-state index is 12.8. The fraction of sp³-hybridized carbons (Fsp3) is 0.231. The number of fused-ring (bicyclic) bond motifs is 1. The number of para-hydroxylation sites is 1. The SMILES string of the molecule is Cc1ccc(C(C)C)c(OCc2ccc(C(=O)Nc3cc(C)nc4ccccc34)o2)c1. The van der Waals surface area contributed by atoms with Gasteiger partial charge in [-0.15, -0.1) is 0 Å². The van der Waals surface area contributed by atoms with Crippen LogP contribution >= 0.6 is 0 Å². The Morgan fingerprint density at radius 3 is 2.68 bits per heavy atom. The summed E-state index contributed by atoms with van der Waals surface area (Å²) in [5.74, 6) is 1.73. The fourth-order valence-corrected chi connectivity index (χ4v) is 3.57. The van der Waals surface area contributed by atoms with Crippen LogP contribution in [0.1, 0.15) is 52.9 Å². The first kappa shape index (κ1) is 20.7. The molecule has 0 aliphatic carbocycles. The Labute approximate surface area is 182 Å². The lowest BCUT2D eigenvalue weighted by Crippen LogP contribution is -2.11. The monoisotopic (exact) mass is 414 g/mol. The lowest BCUT2D eigenvalue weighted by atomic mass is 10.0. The number of hydrogen-bond donors (Lipinski definition) is 1. The number of aromatic nitrogens is 1. The number of ether oxygens (including phenoxy) is 1. The number of carbonyl (C=O) groups is 1. The molecule has 0 saturated heterocycles. The summed E-state index contributed by atoms with van der Waals surface area (Å²) < 4.78 is 11.8. The molecule has 0 spiro atoms. The zero-order chi connectivity index (χ0) is 22.0. The van der Waals surface area contributed by atoms with Crippen molar-refractivity contribution in [3.05, 3.63) is 89.0 Å². The summed E-state index contributed by atoms with van der Waals surface area (Å²) in [5.41, 5.74) is 4.67. The Kier molecular flexibility index (Phi) is 5.76. The second-order valence-electron chi connectivity index (χ2n) is 8.03.